The SMILES string of the molecule is CCOc1cc(C#N)cc(Br)c1OCC(=O)NC(CC)c1cccc(Cl)c1. The Bertz CT molecular complexity index is 852. The molecule has 2 rings (SSSR count). The Labute approximate surface area is 172 Å². The molecule has 0 aliphatic heterocycles. The monoisotopic (exact) mass is 450 g/mol. The second-order valence-corrected chi connectivity index (χ2v) is 6.99. The number of amides is 1. The highest BCUT2D eigenvalue weighted by molar-refractivity contribution is 9.10. The minimum absolute atomic E-state index is 0.157. The van der Waals surface area contributed by atoms with Crippen molar-refractivity contribution in [2.75, 3.05) is 13.2 Å². The summed E-state index contributed by atoms with van der Waals surface area (Å²) in [5, 5.41) is 12.6. The van der Waals surface area contributed by atoms with Gasteiger partial charge in [-0.3, -0.25) is 4.79 Å². The van der Waals surface area contributed by atoms with E-state index in [4.69, 9.17) is 26.3 Å². The molecule has 0 aliphatic rings. The van der Waals surface area contributed by atoms with Crippen molar-refractivity contribution in [2.24, 2.45) is 0 Å². The fourth-order valence-electron chi connectivity index (χ4n) is 2.55. The van der Waals surface area contributed by atoms with E-state index in [9.17, 15) is 4.79 Å². The second-order valence-electron chi connectivity index (χ2n) is 5.70. The maximum Gasteiger partial charge on any atom is 0.258 e. The molecule has 2 aromatic carbocycles. The molecule has 1 atom stereocenters. The van der Waals surface area contributed by atoms with Crippen LogP contribution in [0, 0.1) is 11.3 Å². The highest BCUT2D eigenvalue weighted by atomic mass is 79.9. The lowest BCUT2D eigenvalue weighted by Crippen LogP contribution is -2.32. The summed E-state index contributed by atoms with van der Waals surface area (Å²) in [6.07, 6.45) is 0.719. The van der Waals surface area contributed by atoms with E-state index in [0.29, 0.717) is 33.2 Å². The molecule has 0 bridgehead atoms. The number of halogens is 2. The third-order valence-corrected chi connectivity index (χ3v) is 4.60. The molecular formula is C20H20BrClN2O3. The number of nitrogens with one attached hydrogen (secondary N) is 1. The van der Waals surface area contributed by atoms with Gasteiger partial charge >= 0.3 is 0 Å². The molecule has 2 aromatic rings. The minimum Gasteiger partial charge on any atom is -0.490 e. The topological polar surface area (TPSA) is 71.3 Å². The van der Waals surface area contributed by atoms with Crippen LogP contribution in [0.5, 0.6) is 11.5 Å². The Kier molecular flexibility index (Phi) is 7.96. The van der Waals surface area contributed by atoms with Crippen LogP contribution < -0.4 is 14.8 Å². The van der Waals surface area contributed by atoms with Gasteiger partial charge in [-0.2, -0.15) is 5.26 Å². The molecule has 142 valence electrons. The number of carbonyl (C=O) groups is 1. The predicted octanol–water partition coefficient (Wildman–Crippen LogP) is 5.02. The van der Waals surface area contributed by atoms with Crippen molar-refractivity contribution in [1.29, 1.82) is 5.26 Å². The Hall–Kier alpha value is -2.23. The first-order valence-electron chi connectivity index (χ1n) is 8.52. The Balaban J connectivity index is 2.07. The average Bonchev–Trinajstić information content (AvgIpc) is 2.65. The van der Waals surface area contributed by atoms with Crippen LogP contribution in [0.3, 0.4) is 0 Å². The Morgan fingerprint density at radius 1 is 1.30 bits per heavy atom. The molecular weight excluding hydrogens is 432 g/mol. The van der Waals surface area contributed by atoms with Gasteiger partial charge in [0.15, 0.2) is 18.1 Å². The van der Waals surface area contributed by atoms with Crippen LogP contribution in [0.15, 0.2) is 40.9 Å². The largest absolute Gasteiger partial charge is 0.490 e. The Morgan fingerprint density at radius 2 is 2.07 bits per heavy atom. The molecule has 0 radical (unpaired) electrons. The minimum atomic E-state index is -0.263. The fourth-order valence-corrected chi connectivity index (χ4v) is 3.31. The van der Waals surface area contributed by atoms with Crippen molar-refractivity contribution in [1.82, 2.24) is 5.32 Å². The lowest BCUT2D eigenvalue weighted by molar-refractivity contribution is -0.123. The molecule has 5 nitrogen and oxygen atoms in total. The van der Waals surface area contributed by atoms with Gasteiger partial charge in [0.05, 0.1) is 28.8 Å². The summed E-state index contributed by atoms with van der Waals surface area (Å²) in [5.74, 6) is 0.542. The molecule has 7 heteroatoms. The third-order valence-electron chi connectivity index (χ3n) is 3.78. The van der Waals surface area contributed by atoms with E-state index in [1.165, 1.54) is 0 Å². The summed E-state index contributed by atoms with van der Waals surface area (Å²) in [6.45, 7) is 4.05. The van der Waals surface area contributed by atoms with Gasteiger partial charge in [-0.05, 0) is 53.0 Å². The first-order chi connectivity index (χ1) is 13.0. The fraction of sp³-hybridized carbons (Fsp3) is 0.300. The van der Waals surface area contributed by atoms with Crippen molar-refractivity contribution in [3.63, 3.8) is 0 Å². The molecule has 1 amide bonds. The number of hydrogen-bond donors (Lipinski definition) is 1. The highest BCUT2D eigenvalue weighted by Crippen LogP contribution is 2.36. The van der Waals surface area contributed by atoms with Crippen LogP contribution in [0.1, 0.15) is 37.4 Å². The quantitative estimate of drug-likeness (QED) is 0.612. The summed E-state index contributed by atoms with van der Waals surface area (Å²) in [7, 11) is 0. The van der Waals surface area contributed by atoms with Gasteiger partial charge in [0, 0.05) is 11.1 Å². The zero-order valence-corrected chi connectivity index (χ0v) is 17.4. The van der Waals surface area contributed by atoms with Gasteiger partial charge in [-0.15, -0.1) is 0 Å². The van der Waals surface area contributed by atoms with Crippen LogP contribution in [0.4, 0.5) is 0 Å². The number of rotatable bonds is 8. The lowest BCUT2D eigenvalue weighted by atomic mass is 10.0. The van der Waals surface area contributed by atoms with Crippen molar-refractivity contribution >= 4 is 33.4 Å². The molecule has 0 spiro atoms. The average molecular weight is 452 g/mol. The smallest absolute Gasteiger partial charge is 0.258 e. The number of hydrogen-bond acceptors (Lipinski definition) is 4. The van der Waals surface area contributed by atoms with Gasteiger partial charge in [-0.1, -0.05) is 30.7 Å². The molecule has 0 fully saturated rings. The number of nitriles is 1. The molecule has 0 saturated heterocycles. The standard InChI is InChI=1S/C20H20BrClN2O3/c1-3-17(14-6-5-7-15(22)10-14)24-19(25)12-27-20-16(21)8-13(11-23)9-18(20)26-4-2/h5-10,17H,3-4,12H2,1-2H3,(H,24,25). The molecule has 27 heavy (non-hydrogen) atoms. The van der Waals surface area contributed by atoms with Crippen LogP contribution >= 0.6 is 27.5 Å². The van der Waals surface area contributed by atoms with E-state index >= 15 is 0 Å². The summed E-state index contributed by atoms with van der Waals surface area (Å²) in [4.78, 5) is 12.4. The van der Waals surface area contributed by atoms with Gasteiger partial charge in [-0.25, -0.2) is 0 Å². The summed E-state index contributed by atoms with van der Waals surface area (Å²) < 4.78 is 11.7. The van der Waals surface area contributed by atoms with E-state index in [1.807, 2.05) is 32.0 Å². The van der Waals surface area contributed by atoms with Gasteiger partial charge < -0.3 is 14.8 Å². The second kappa shape index (κ2) is 10.2. The lowest BCUT2D eigenvalue weighted by Gasteiger charge is -2.19. The molecule has 0 heterocycles. The van der Waals surface area contributed by atoms with Gasteiger partial charge in [0.2, 0.25) is 0 Å². The van der Waals surface area contributed by atoms with E-state index in [-0.39, 0.29) is 18.6 Å². The normalized spacial score (nSPS) is 11.4. The predicted molar refractivity (Wildman–Crippen MR) is 108 cm³/mol. The van der Waals surface area contributed by atoms with Crippen LogP contribution in [-0.4, -0.2) is 19.1 Å². The van der Waals surface area contributed by atoms with Crippen molar-refractivity contribution in [3.05, 3.63) is 57.0 Å². The molecule has 0 saturated carbocycles. The van der Waals surface area contributed by atoms with Crippen molar-refractivity contribution in [2.45, 2.75) is 26.3 Å². The maximum absolute atomic E-state index is 12.4. The van der Waals surface area contributed by atoms with Crippen LogP contribution in [-0.2, 0) is 4.79 Å². The van der Waals surface area contributed by atoms with Gasteiger partial charge in [0.25, 0.3) is 5.91 Å². The van der Waals surface area contributed by atoms with E-state index in [1.54, 1.807) is 18.2 Å². The zero-order valence-electron chi connectivity index (χ0n) is 15.1. The van der Waals surface area contributed by atoms with Crippen molar-refractivity contribution < 1.29 is 14.3 Å². The molecule has 1 N–H and O–H groups in total. The summed E-state index contributed by atoms with van der Waals surface area (Å²) >= 11 is 9.40. The van der Waals surface area contributed by atoms with Crippen molar-refractivity contribution in [3.8, 4) is 17.6 Å². The highest BCUT2D eigenvalue weighted by Gasteiger charge is 2.17. The number of benzene rings is 2. The molecule has 0 aromatic heterocycles. The summed E-state index contributed by atoms with van der Waals surface area (Å²) in [5.41, 5.74) is 1.38. The first kappa shape index (κ1) is 21.1. The van der Waals surface area contributed by atoms with Gasteiger partial charge in [0.1, 0.15) is 0 Å². The van der Waals surface area contributed by atoms with Crippen LogP contribution in [0.25, 0.3) is 0 Å². The van der Waals surface area contributed by atoms with Crippen LogP contribution in [0.2, 0.25) is 5.02 Å². The Morgan fingerprint density at radius 3 is 2.70 bits per heavy atom. The first-order valence-corrected chi connectivity index (χ1v) is 9.69. The maximum atomic E-state index is 12.4. The molecule has 1 unspecified atom stereocenters. The zero-order chi connectivity index (χ0) is 19.8. The molecule has 0 aliphatic carbocycles. The third kappa shape index (κ3) is 5.88. The summed E-state index contributed by atoms with van der Waals surface area (Å²) in [6, 6.07) is 12.5. The van der Waals surface area contributed by atoms with E-state index in [2.05, 4.69) is 27.3 Å². The number of ether oxygens (including phenoxy) is 2. The van der Waals surface area contributed by atoms with E-state index in [0.717, 1.165) is 12.0 Å². The number of carbonyl (C=O) groups excluding carboxylic acids is 1. The number of nitrogens with zero attached hydrogens (tertiary/aromatic N) is 1. The van der Waals surface area contributed by atoms with E-state index < -0.39 is 0 Å².